The highest BCUT2D eigenvalue weighted by atomic mass is 16.3. The molecular weight excluding hydrogens is 192 g/mol. The molecule has 0 aliphatic rings. The summed E-state index contributed by atoms with van der Waals surface area (Å²) in [5, 5.41) is 18.1. The van der Waals surface area contributed by atoms with Crippen LogP contribution >= 0.6 is 0 Å². The predicted octanol–water partition coefficient (Wildman–Crippen LogP) is 1.53. The second-order valence-electron chi connectivity index (χ2n) is 3.20. The third-order valence-electron chi connectivity index (χ3n) is 2.11. The van der Waals surface area contributed by atoms with Crippen LogP contribution in [0.4, 0.5) is 0 Å². The summed E-state index contributed by atoms with van der Waals surface area (Å²) < 4.78 is 0. The fourth-order valence-corrected chi connectivity index (χ4v) is 1.19. The van der Waals surface area contributed by atoms with Gasteiger partial charge in [0.2, 0.25) is 0 Å². The van der Waals surface area contributed by atoms with Gasteiger partial charge in [0.05, 0.1) is 0 Å². The average molecular weight is 206 g/mol. The predicted molar refractivity (Wildman–Crippen MR) is 58.6 cm³/mol. The molecule has 0 saturated heterocycles. The molecule has 0 saturated carbocycles. The number of carbonyl (C=O) groups is 1. The number of hydrogen-bond acceptors (Lipinski definition) is 3. The van der Waals surface area contributed by atoms with E-state index in [9.17, 15) is 9.90 Å². The van der Waals surface area contributed by atoms with E-state index in [1.165, 1.54) is 12.2 Å². The number of aryl methyl sites for hydroxylation is 1. The number of rotatable bonds is 4. The Balaban J connectivity index is 2.87. The maximum atomic E-state index is 10.8. The van der Waals surface area contributed by atoms with Crippen LogP contribution in [0.3, 0.4) is 0 Å². The summed E-state index contributed by atoms with van der Waals surface area (Å²) in [6.07, 6.45) is 3.60. The van der Waals surface area contributed by atoms with Crippen molar-refractivity contribution in [3.63, 3.8) is 0 Å². The summed E-state index contributed by atoms with van der Waals surface area (Å²) in [7, 11) is 0. The number of aliphatic hydroxyl groups is 1. The van der Waals surface area contributed by atoms with Crippen molar-refractivity contribution in [3.8, 4) is 5.75 Å². The molecular formula is C12H14O3. The van der Waals surface area contributed by atoms with Gasteiger partial charge in [-0.25, -0.2) is 0 Å². The van der Waals surface area contributed by atoms with E-state index in [1.807, 2.05) is 13.0 Å². The van der Waals surface area contributed by atoms with Crippen LogP contribution in [-0.4, -0.2) is 22.6 Å². The van der Waals surface area contributed by atoms with Gasteiger partial charge in [0.15, 0.2) is 5.78 Å². The SMILES string of the molecule is CCc1ccc(/C=C/C(=O)CO)c(O)c1. The molecule has 3 heteroatoms. The smallest absolute Gasteiger partial charge is 0.181 e. The molecule has 0 atom stereocenters. The molecule has 0 aliphatic heterocycles. The van der Waals surface area contributed by atoms with Gasteiger partial charge in [-0.05, 0) is 30.2 Å². The summed E-state index contributed by atoms with van der Waals surface area (Å²) in [6, 6.07) is 5.31. The molecule has 1 aromatic carbocycles. The summed E-state index contributed by atoms with van der Waals surface area (Å²) in [6.45, 7) is 1.49. The largest absolute Gasteiger partial charge is 0.507 e. The highest BCUT2D eigenvalue weighted by Gasteiger charge is 1.99. The first-order valence-electron chi connectivity index (χ1n) is 4.81. The van der Waals surface area contributed by atoms with Gasteiger partial charge in [0.25, 0.3) is 0 Å². The van der Waals surface area contributed by atoms with Crippen LogP contribution in [0.5, 0.6) is 5.75 Å². The molecule has 0 fully saturated rings. The molecule has 0 aliphatic carbocycles. The number of aromatic hydroxyl groups is 1. The first kappa shape index (κ1) is 11.5. The number of ketones is 1. The minimum atomic E-state index is -0.510. The van der Waals surface area contributed by atoms with E-state index < -0.39 is 6.61 Å². The lowest BCUT2D eigenvalue weighted by atomic mass is 10.1. The van der Waals surface area contributed by atoms with Crippen LogP contribution in [0.25, 0.3) is 6.08 Å². The van der Waals surface area contributed by atoms with Crippen molar-refractivity contribution in [1.82, 2.24) is 0 Å². The van der Waals surface area contributed by atoms with Gasteiger partial charge in [0.1, 0.15) is 12.4 Å². The second kappa shape index (κ2) is 5.32. The minimum absolute atomic E-state index is 0.149. The number of phenols is 1. The van der Waals surface area contributed by atoms with Gasteiger partial charge < -0.3 is 10.2 Å². The van der Waals surface area contributed by atoms with E-state index in [0.29, 0.717) is 5.56 Å². The molecule has 0 spiro atoms. The molecule has 0 heterocycles. The van der Waals surface area contributed by atoms with Crippen LogP contribution in [0.15, 0.2) is 24.3 Å². The molecule has 0 bridgehead atoms. The fourth-order valence-electron chi connectivity index (χ4n) is 1.19. The maximum absolute atomic E-state index is 10.8. The van der Waals surface area contributed by atoms with Gasteiger partial charge in [0, 0.05) is 5.56 Å². The molecule has 2 N–H and O–H groups in total. The molecule has 3 nitrogen and oxygen atoms in total. The monoisotopic (exact) mass is 206 g/mol. The van der Waals surface area contributed by atoms with Crippen molar-refractivity contribution in [1.29, 1.82) is 0 Å². The summed E-state index contributed by atoms with van der Waals surface area (Å²) in [4.78, 5) is 10.8. The van der Waals surface area contributed by atoms with Crippen molar-refractivity contribution in [2.24, 2.45) is 0 Å². The zero-order valence-corrected chi connectivity index (χ0v) is 8.60. The molecule has 1 rings (SSSR count). The number of phenolic OH excluding ortho intramolecular Hbond substituents is 1. The Morgan fingerprint density at radius 1 is 1.47 bits per heavy atom. The average Bonchev–Trinajstić information content (AvgIpc) is 2.26. The van der Waals surface area contributed by atoms with Crippen LogP contribution in [0.1, 0.15) is 18.1 Å². The van der Waals surface area contributed by atoms with Crippen molar-refractivity contribution in [3.05, 3.63) is 35.4 Å². The quantitative estimate of drug-likeness (QED) is 0.734. The lowest BCUT2D eigenvalue weighted by Gasteiger charge is -2.01. The summed E-state index contributed by atoms with van der Waals surface area (Å²) >= 11 is 0. The molecule has 0 amide bonds. The number of aliphatic hydroxyl groups excluding tert-OH is 1. The van der Waals surface area contributed by atoms with Crippen LogP contribution in [-0.2, 0) is 11.2 Å². The maximum Gasteiger partial charge on any atom is 0.181 e. The Morgan fingerprint density at radius 2 is 2.20 bits per heavy atom. The van der Waals surface area contributed by atoms with Crippen molar-refractivity contribution >= 4 is 11.9 Å². The van der Waals surface area contributed by atoms with Gasteiger partial charge >= 0.3 is 0 Å². The lowest BCUT2D eigenvalue weighted by molar-refractivity contribution is -0.117. The summed E-state index contributed by atoms with van der Waals surface area (Å²) in [5.41, 5.74) is 1.62. The Hall–Kier alpha value is -1.61. The van der Waals surface area contributed by atoms with Gasteiger partial charge in [-0.1, -0.05) is 19.1 Å². The Bertz CT molecular complexity index is 380. The fraction of sp³-hybridized carbons (Fsp3) is 0.250. The first-order valence-corrected chi connectivity index (χ1v) is 4.81. The van der Waals surface area contributed by atoms with E-state index in [4.69, 9.17) is 5.11 Å². The van der Waals surface area contributed by atoms with E-state index in [2.05, 4.69) is 0 Å². The zero-order chi connectivity index (χ0) is 11.3. The molecule has 0 unspecified atom stereocenters. The van der Waals surface area contributed by atoms with Crippen LogP contribution < -0.4 is 0 Å². The first-order chi connectivity index (χ1) is 7.17. The van der Waals surface area contributed by atoms with Gasteiger partial charge in [-0.3, -0.25) is 4.79 Å². The number of carbonyl (C=O) groups excluding carboxylic acids is 1. The second-order valence-corrected chi connectivity index (χ2v) is 3.20. The van der Waals surface area contributed by atoms with E-state index in [0.717, 1.165) is 12.0 Å². The molecule has 0 aromatic heterocycles. The van der Waals surface area contributed by atoms with Crippen LogP contribution in [0.2, 0.25) is 0 Å². The number of hydrogen-bond donors (Lipinski definition) is 2. The molecule has 15 heavy (non-hydrogen) atoms. The highest BCUT2D eigenvalue weighted by Crippen LogP contribution is 2.20. The Morgan fingerprint density at radius 3 is 2.73 bits per heavy atom. The third kappa shape index (κ3) is 3.22. The topological polar surface area (TPSA) is 57.5 Å². The Kier molecular flexibility index (Phi) is 4.06. The van der Waals surface area contributed by atoms with Crippen molar-refractivity contribution in [2.45, 2.75) is 13.3 Å². The van der Waals surface area contributed by atoms with E-state index in [1.54, 1.807) is 12.1 Å². The van der Waals surface area contributed by atoms with Crippen molar-refractivity contribution in [2.75, 3.05) is 6.61 Å². The molecule has 0 radical (unpaired) electrons. The van der Waals surface area contributed by atoms with E-state index >= 15 is 0 Å². The molecule has 1 aromatic rings. The van der Waals surface area contributed by atoms with Gasteiger partial charge in [-0.2, -0.15) is 0 Å². The normalized spacial score (nSPS) is 10.8. The standard InChI is InChI=1S/C12H14O3/c1-2-9-3-4-10(12(15)7-9)5-6-11(14)8-13/h3-7,13,15H,2,8H2,1H3/b6-5+. The zero-order valence-electron chi connectivity index (χ0n) is 8.60. The Labute approximate surface area is 88.7 Å². The summed E-state index contributed by atoms with van der Waals surface area (Å²) in [5.74, 6) is -0.231. The van der Waals surface area contributed by atoms with Crippen molar-refractivity contribution < 1.29 is 15.0 Å². The minimum Gasteiger partial charge on any atom is -0.507 e. The third-order valence-corrected chi connectivity index (χ3v) is 2.11. The van der Waals surface area contributed by atoms with E-state index in [-0.39, 0.29) is 11.5 Å². The highest BCUT2D eigenvalue weighted by molar-refractivity contribution is 5.94. The van der Waals surface area contributed by atoms with Gasteiger partial charge in [-0.15, -0.1) is 0 Å². The molecule has 80 valence electrons. The van der Waals surface area contributed by atoms with Crippen LogP contribution in [0, 0.1) is 0 Å². The number of benzene rings is 1. The lowest BCUT2D eigenvalue weighted by Crippen LogP contribution is -1.97.